The Balaban J connectivity index is 1.87. The number of benzene rings is 1. The lowest BCUT2D eigenvalue weighted by molar-refractivity contribution is 0.443. The summed E-state index contributed by atoms with van der Waals surface area (Å²) in [6.07, 6.45) is 10.4. The highest BCUT2D eigenvalue weighted by Gasteiger charge is 2.16. The minimum absolute atomic E-state index is 0.265. The quantitative estimate of drug-likeness (QED) is 0.680. The van der Waals surface area contributed by atoms with Crippen LogP contribution in [0.2, 0.25) is 0 Å². The average Bonchev–Trinajstić information content (AvgIpc) is 2.58. The first-order chi connectivity index (χ1) is 10.8. The second-order valence-corrected chi connectivity index (χ2v) is 6.02. The molecule has 22 heavy (non-hydrogen) atoms. The van der Waals surface area contributed by atoms with Crippen molar-refractivity contribution < 1.29 is 4.39 Å². The van der Waals surface area contributed by atoms with Gasteiger partial charge in [-0.15, -0.1) is 0 Å². The molecular weight excluding hydrogens is 273 g/mol. The number of aromatic nitrogens is 1. The van der Waals surface area contributed by atoms with Crippen molar-refractivity contribution in [1.82, 2.24) is 4.98 Å². The largest absolute Gasteiger partial charge is 0.245 e. The van der Waals surface area contributed by atoms with Gasteiger partial charge in [0.1, 0.15) is 11.5 Å². The molecule has 3 rings (SSSR count). The molecule has 0 unspecified atom stereocenters. The van der Waals surface area contributed by atoms with E-state index in [0.717, 1.165) is 11.3 Å². The first-order valence-corrected chi connectivity index (χ1v) is 8.17. The molecule has 0 saturated heterocycles. The van der Waals surface area contributed by atoms with Gasteiger partial charge in [-0.2, -0.15) is 0 Å². The molecule has 0 amide bonds. The van der Waals surface area contributed by atoms with E-state index in [4.69, 9.17) is 0 Å². The Bertz CT molecular complexity index is 652. The lowest BCUT2D eigenvalue weighted by Gasteiger charge is -2.22. The Hall–Kier alpha value is -1.96. The molecule has 2 aromatic rings. The zero-order valence-electron chi connectivity index (χ0n) is 13.1. The molecule has 1 nitrogen and oxygen atoms in total. The molecule has 0 aliphatic heterocycles. The summed E-state index contributed by atoms with van der Waals surface area (Å²) in [5.74, 6) is 0.411. The molecule has 114 valence electrons. The third kappa shape index (κ3) is 3.27. The summed E-state index contributed by atoms with van der Waals surface area (Å²) in [7, 11) is 0. The summed E-state index contributed by atoms with van der Waals surface area (Å²) in [6.45, 7) is 1.93. The van der Waals surface area contributed by atoms with Crippen molar-refractivity contribution in [3.8, 4) is 11.3 Å². The fourth-order valence-corrected chi connectivity index (χ4v) is 3.27. The van der Waals surface area contributed by atoms with E-state index < -0.39 is 0 Å². The van der Waals surface area contributed by atoms with E-state index in [2.05, 4.69) is 17.1 Å². The second kappa shape index (κ2) is 6.87. The molecule has 2 heteroatoms. The van der Waals surface area contributed by atoms with Crippen molar-refractivity contribution in [2.24, 2.45) is 0 Å². The third-order valence-corrected chi connectivity index (χ3v) is 4.47. The minimum Gasteiger partial charge on any atom is -0.245 e. The monoisotopic (exact) mass is 295 g/mol. The number of nitrogens with zero attached hydrogens (tertiary/aromatic N) is 1. The van der Waals surface area contributed by atoms with E-state index in [-0.39, 0.29) is 5.82 Å². The first kappa shape index (κ1) is 15.0. The maximum Gasteiger partial charge on any atom is 0.149 e. The van der Waals surface area contributed by atoms with Crippen LogP contribution in [0.5, 0.6) is 0 Å². The lowest BCUT2D eigenvalue weighted by Crippen LogP contribution is -2.04. The molecule has 0 N–H and O–H groups in total. The van der Waals surface area contributed by atoms with Gasteiger partial charge < -0.3 is 0 Å². The molecule has 0 radical (unpaired) electrons. The highest BCUT2D eigenvalue weighted by Crippen LogP contribution is 2.33. The summed E-state index contributed by atoms with van der Waals surface area (Å²) < 4.78 is 14.1. The van der Waals surface area contributed by atoms with E-state index in [1.165, 1.54) is 43.7 Å². The highest BCUT2D eigenvalue weighted by atomic mass is 19.1. The van der Waals surface area contributed by atoms with Crippen LogP contribution in [0, 0.1) is 5.82 Å². The van der Waals surface area contributed by atoms with Crippen LogP contribution < -0.4 is 0 Å². The molecule has 0 atom stereocenters. The van der Waals surface area contributed by atoms with Crippen LogP contribution in [0.25, 0.3) is 17.3 Å². The molecule has 1 saturated carbocycles. The predicted molar refractivity (Wildman–Crippen MR) is 90.2 cm³/mol. The SMILES string of the molecule is C/C=C/c1ccc(F)c(-c2ccc(C3CCCCC3)cc2)n1. The van der Waals surface area contributed by atoms with Crippen LogP contribution in [0.4, 0.5) is 4.39 Å². The van der Waals surface area contributed by atoms with Gasteiger partial charge in [-0.05, 0) is 49.5 Å². The zero-order valence-corrected chi connectivity index (χ0v) is 13.1. The van der Waals surface area contributed by atoms with E-state index >= 15 is 0 Å². The van der Waals surface area contributed by atoms with Gasteiger partial charge in [-0.1, -0.05) is 49.6 Å². The Morgan fingerprint density at radius 3 is 2.41 bits per heavy atom. The van der Waals surface area contributed by atoms with Gasteiger partial charge in [0.25, 0.3) is 0 Å². The van der Waals surface area contributed by atoms with Gasteiger partial charge in [0.05, 0.1) is 5.69 Å². The molecule has 1 aromatic heterocycles. The fourth-order valence-electron chi connectivity index (χ4n) is 3.27. The number of hydrogen-bond acceptors (Lipinski definition) is 1. The van der Waals surface area contributed by atoms with Crippen molar-refractivity contribution in [2.45, 2.75) is 44.9 Å². The second-order valence-electron chi connectivity index (χ2n) is 6.02. The normalized spacial score (nSPS) is 16.3. The average molecular weight is 295 g/mol. The standard InChI is InChI=1S/C20H22FN/c1-2-6-18-13-14-19(21)20(22-18)17-11-9-16(10-12-17)15-7-4-3-5-8-15/h2,6,9-15H,3-5,7-8H2,1H3/b6-2+. The van der Waals surface area contributed by atoms with Crippen LogP contribution in [0.1, 0.15) is 56.2 Å². The summed E-state index contributed by atoms with van der Waals surface area (Å²) in [5.41, 5.74) is 3.46. The van der Waals surface area contributed by atoms with Crippen molar-refractivity contribution in [1.29, 1.82) is 0 Å². The van der Waals surface area contributed by atoms with Gasteiger partial charge >= 0.3 is 0 Å². The van der Waals surface area contributed by atoms with Gasteiger partial charge in [0, 0.05) is 5.56 Å². The number of pyridine rings is 1. The first-order valence-electron chi connectivity index (χ1n) is 8.17. The number of allylic oxidation sites excluding steroid dienone is 1. The molecule has 1 fully saturated rings. The van der Waals surface area contributed by atoms with Gasteiger partial charge in [-0.3, -0.25) is 0 Å². The molecular formula is C20H22FN. The number of rotatable bonds is 3. The third-order valence-electron chi connectivity index (χ3n) is 4.47. The number of halogens is 1. The van der Waals surface area contributed by atoms with Crippen LogP contribution in [-0.4, -0.2) is 4.98 Å². The van der Waals surface area contributed by atoms with Gasteiger partial charge in [0.2, 0.25) is 0 Å². The molecule has 0 spiro atoms. The Labute approximate surface area is 131 Å². The van der Waals surface area contributed by atoms with Crippen LogP contribution in [0.3, 0.4) is 0 Å². The Morgan fingerprint density at radius 1 is 1.00 bits per heavy atom. The highest BCUT2D eigenvalue weighted by molar-refractivity contribution is 5.62. The molecule has 1 heterocycles. The fraction of sp³-hybridized carbons (Fsp3) is 0.350. The number of hydrogen-bond donors (Lipinski definition) is 0. The summed E-state index contributed by atoms with van der Waals surface area (Å²) in [5, 5.41) is 0. The van der Waals surface area contributed by atoms with Gasteiger partial charge in [0.15, 0.2) is 0 Å². The minimum atomic E-state index is -0.265. The van der Waals surface area contributed by atoms with Crippen LogP contribution >= 0.6 is 0 Å². The Kier molecular flexibility index (Phi) is 4.67. The topological polar surface area (TPSA) is 12.9 Å². The van der Waals surface area contributed by atoms with Crippen molar-refractivity contribution in [2.75, 3.05) is 0 Å². The zero-order chi connectivity index (χ0) is 15.4. The summed E-state index contributed by atoms with van der Waals surface area (Å²) in [4.78, 5) is 4.41. The smallest absolute Gasteiger partial charge is 0.149 e. The summed E-state index contributed by atoms with van der Waals surface area (Å²) >= 11 is 0. The Morgan fingerprint density at radius 2 is 1.73 bits per heavy atom. The maximum absolute atomic E-state index is 14.1. The van der Waals surface area contributed by atoms with Crippen LogP contribution in [-0.2, 0) is 0 Å². The van der Waals surface area contributed by atoms with Crippen molar-refractivity contribution in [3.63, 3.8) is 0 Å². The molecule has 1 aliphatic carbocycles. The van der Waals surface area contributed by atoms with E-state index in [0.29, 0.717) is 11.6 Å². The molecule has 1 aromatic carbocycles. The van der Waals surface area contributed by atoms with E-state index in [1.54, 1.807) is 6.07 Å². The lowest BCUT2D eigenvalue weighted by atomic mass is 9.84. The van der Waals surface area contributed by atoms with E-state index in [9.17, 15) is 4.39 Å². The van der Waals surface area contributed by atoms with Crippen molar-refractivity contribution in [3.05, 3.63) is 59.5 Å². The van der Waals surface area contributed by atoms with Crippen LogP contribution in [0.15, 0.2) is 42.5 Å². The van der Waals surface area contributed by atoms with Gasteiger partial charge in [-0.25, -0.2) is 9.37 Å². The van der Waals surface area contributed by atoms with E-state index in [1.807, 2.05) is 31.2 Å². The maximum atomic E-state index is 14.1. The summed E-state index contributed by atoms with van der Waals surface area (Å²) in [6, 6.07) is 11.5. The molecule has 1 aliphatic rings. The predicted octanol–water partition coefficient (Wildman–Crippen LogP) is 5.97. The molecule has 0 bridgehead atoms. The van der Waals surface area contributed by atoms with Crippen molar-refractivity contribution >= 4 is 6.08 Å².